The molecule has 0 saturated heterocycles. The highest BCUT2D eigenvalue weighted by atomic mass is 31.1. The summed E-state index contributed by atoms with van der Waals surface area (Å²) in [4.78, 5) is 0. The van der Waals surface area contributed by atoms with Crippen molar-refractivity contribution < 1.29 is 5.11 Å². The van der Waals surface area contributed by atoms with E-state index < -0.39 is 21.4 Å². The lowest BCUT2D eigenvalue weighted by atomic mass is 10.2. The smallest absolute Gasteiger partial charge is 0.0709 e. The lowest BCUT2D eigenvalue weighted by Gasteiger charge is -2.33. The topological polar surface area (TPSA) is 20.2 Å². The van der Waals surface area contributed by atoms with Gasteiger partial charge in [-0.05, 0) is 44.0 Å². The van der Waals surface area contributed by atoms with Crippen molar-refractivity contribution in [2.45, 2.75) is 12.5 Å². The number of rotatable bonds is 8. The van der Waals surface area contributed by atoms with Gasteiger partial charge in [0.05, 0.1) is 5.60 Å². The predicted molar refractivity (Wildman–Crippen MR) is 139 cm³/mol. The molecule has 4 aromatic rings. The van der Waals surface area contributed by atoms with Crippen LogP contribution >= 0.6 is 15.8 Å². The van der Waals surface area contributed by atoms with Crippen LogP contribution in [0.4, 0.5) is 0 Å². The fourth-order valence-electron chi connectivity index (χ4n) is 3.83. The maximum Gasteiger partial charge on any atom is 0.0709 e. The van der Waals surface area contributed by atoms with Crippen LogP contribution in [0.3, 0.4) is 0 Å². The average Bonchev–Trinajstić information content (AvgIpc) is 2.83. The van der Waals surface area contributed by atoms with Crippen molar-refractivity contribution >= 4 is 37.1 Å². The Morgan fingerprint density at radius 2 is 0.710 bits per heavy atom. The number of aliphatic hydroxyl groups is 1. The van der Waals surface area contributed by atoms with E-state index in [4.69, 9.17) is 0 Å². The third-order valence-corrected chi connectivity index (χ3v) is 10.9. The molecule has 0 heterocycles. The van der Waals surface area contributed by atoms with Crippen molar-refractivity contribution in [2.75, 3.05) is 12.3 Å². The van der Waals surface area contributed by atoms with E-state index in [1.165, 1.54) is 21.2 Å². The van der Waals surface area contributed by atoms with Crippen molar-refractivity contribution in [3.63, 3.8) is 0 Å². The molecule has 0 aliphatic heterocycles. The molecular weight excluding hydrogens is 414 g/mol. The Labute approximate surface area is 188 Å². The van der Waals surface area contributed by atoms with Crippen LogP contribution in [0.5, 0.6) is 0 Å². The van der Waals surface area contributed by atoms with E-state index in [9.17, 15) is 5.11 Å². The highest BCUT2D eigenvalue weighted by molar-refractivity contribution is 7.74. The second-order valence-electron chi connectivity index (χ2n) is 8.01. The van der Waals surface area contributed by atoms with E-state index >= 15 is 0 Å². The largest absolute Gasteiger partial charge is 0.389 e. The Morgan fingerprint density at radius 1 is 0.484 bits per heavy atom. The Kier molecular flexibility index (Phi) is 7.31. The molecule has 0 atom stereocenters. The van der Waals surface area contributed by atoms with Gasteiger partial charge in [-0.2, -0.15) is 0 Å². The van der Waals surface area contributed by atoms with Crippen LogP contribution < -0.4 is 21.2 Å². The summed E-state index contributed by atoms with van der Waals surface area (Å²) in [5, 5.41) is 17.0. The fourth-order valence-corrected chi connectivity index (χ4v) is 9.04. The van der Waals surface area contributed by atoms with Gasteiger partial charge < -0.3 is 5.11 Å². The lowest BCUT2D eigenvalue weighted by molar-refractivity contribution is 0.110. The van der Waals surface area contributed by atoms with Gasteiger partial charge in [0.1, 0.15) is 0 Å². The minimum atomic E-state index is -0.783. The SMILES string of the molecule is CC(O)(CP(c1ccccc1)c1ccccc1)CP(c1ccccc1)c1ccccc1. The Hall–Kier alpha value is -2.30. The molecule has 0 amide bonds. The molecule has 0 spiro atoms. The fraction of sp³-hybridized carbons (Fsp3) is 0.143. The summed E-state index contributed by atoms with van der Waals surface area (Å²) >= 11 is 0. The molecule has 0 saturated carbocycles. The first-order valence-corrected chi connectivity index (χ1v) is 13.7. The van der Waals surface area contributed by atoms with E-state index in [0.717, 1.165) is 12.3 Å². The first-order chi connectivity index (χ1) is 15.1. The molecule has 3 heteroatoms. The molecule has 1 N–H and O–H groups in total. The second-order valence-corrected chi connectivity index (χ2v) is 12.4. The molecule has 0 radical (unpaired) electrons. The molecule has 0 unspecified atom stereocenters. The van der Waals surface area contributed by atoms with E-state index in [0.29, 0.717) is 0 Å². The van der Waals surface area contributed by atoms with Crippen molar-refractivity contribution in [1.82, 2.24) is 0 Å². The van der Waals surface area contributed by atoms with E-state index in [1.54, 1.807) is 0 Å². The highest BCUT2D eigenvalue weighted by Gasteiger charge is 2.31. The molecule has 0 fully saturated rings. The standard InChI is InChI=1S/C28H28OP2/c1-28(29,22-30(24-14-6-2-7-15-24)25-16-8-3-9-17-25)23-31(26-18-10-4-11-19-26)27-20-12-5-13-21-27/h2-21,29H,22-23H2,1H3. The van der Waals surface area contributed by atoms with Gasteiger partial charge in [0.25, 0.3) is 0 Å². The van der Waals surface area contributed by atoms with Crippen LogP contribution in [0.25, 0.3) is 0 Å². The van der Waals surface area contributed by atoms with Gasteiger partial charge in [-0.15, -0.1) is 0 Å². The molecule has 4 aromatic carbocycles. The van der Waals surface area contributed by atoms with Gasteiger partial charge in [0.2, 0.25) is 0 Å². The monoisotopic (exact) mass is 442 g/mol. The van der Waals surface area contributed by atoms with E-state index in [1.807, 2.05) is 6.92 Å². The van der Waals surface area contributed by atoms with Crippen LogP contribution in [0, 0.1) is 0 Å². The molecular formula is C28H28OP2. The van der Waals surface area contributed by atoms with Gasteiger partial charge in [0, 0.05) is 12.3 Å². The van der Waals surface area contributed by atoms with Crippen molar-refractivity contribution in [3.05, 3.63) is 121 Å². The van der Waals surface area contributed by atoms with Crippen molar-refractivity contribution in [2.24, 2.45) is 0 Å². The molecule has 0 bridgehead atoms. The zero-order chi connectivity index (χ0) is 21.5. The van der Waals surface area contributed by atoms with E-state index in [2.05, 4.69) is 121 Å². The van der Waals surface area contributed by atoms with Gasteiger partial charge in [-0.1, -0.05) is 121 Å². The summed E-state index contributed by atoms with van der Waals surface area (Å²) < 4.78 is 0. The maximum absolute atomic E-state index is 11.7. The van der Waals surface area contributed by atoms with Crippen molar-refractivity contribution in [1.29, 1.82) is 0 Å². The molecule has 4 rings (SSSR count). The van der Waals surface area contributed by atoms with Gasteiger partial charge in [-0.25, -0.2) is 0 Å². The van der Waals surface area contributed by atoms with Gasteiger partial charge in [-0.3, -0.25) is 0 Å². The second kappa shape index (κ2) is 10.3. The quantitative estimate of drug-likeness (QED) is 0.381. The zero-order valence-electron chi connectivity index (χ0n) is 17.8. The Morgan fingerprint density at radius 3 is 0.935 bits per heavy atom. The molecule has 1 nitrogen and oxygen atoms in total. The van der Waals surface area contributed by atoms with Crippen LogP contribution in [0.15, 0.2) is 121 Å². The average molecular weight is 442 g/mol. The normalized spacial score (nSPS) is 11.7. The number of hydrogen-bond acceptors (Lipinski definition) is 1. The summed E-state index contributed by atoms with van der Waals surface area (Å²) in [5.41, 5.74) is -0.783. The summed E-state index contributed by atoms with van der Waals surface area (Å²) in [6.45, 7) is 2.02. The van der Waals surface area contributed by atoms with Gasteiger partial charge in [0.15, 0.2) is 0 Å². The zero-order valence-corrected chi connectivity index (χ0v) is 19.6. The summed E-state index contributed by atoms with van der Waals surface area (Å²) in [6, 6.07) is 42.6. The predicted octanol–water partition coefficient (Wildman–Crippen LogP) is 5.00. The van der Waals surface area contributed by atoms with Crippen LogP contribution in [-0.2, 0) is 0 Å². The molecule has 0 aliphatic rings. The minimum Gasteiger partial charge on any atom is -0.389 e. The number of hydrogen-bond donors (Lipinski definition) is 1. The summed E-state index contributed by atoms with van der Waals surface area (Å²) in [7, 11) is -1.29. The molecule has 156 valence electrons. The van der Waals surface area contributed by atoms with Crippen LogP contribution in [0.1, 0.15) is 6.92 Å². The summed E-state index contributed by atoms with van der Waals surface area (Å²) in [6.07, 6.45) is 1.49. The number of benzene rings is 4. The first kappa shape index (κ1) is 21.9. The van der Waals surface area contributed by atoms with Crippen LogP contribution in [-0.4, -0.2) is 23.0 Å². The van der Waals surface area contributed by atoms with Crippen LogP contribution in [0.2, 0.25) is 0 Å². The molecule has 0 aromatic heterocycles. The highest BCUT2D eigenvalue weighted by Crippen LogP contribution is 2.43. The first-order valence-electron chi connectivity index (χ1n) is 10.6. The maximum atomic E-state index is 11.7. The van der Waals surface area contributed by atoms with E-state index in [-0.39, 0.29) is 0 Å². The molecule has 31 heavy (non-hydrogen) atoms. The minimum absolute atomic E-state index is 0.647. The third-order valence-electron chi connectivity index (χ3n) is 5.27. The van der Waals surface area contributed by atoms with Crippen molar-refractivity contribution in [3.8, 4) is 0 Å². The third kappa shape index (κ3) is 5.90. The summed E-state index contributed by atoms with van der Waals surface area (Å²) in [5.74, 6) is 0. The lowest BCUT2D eigenvalue weighted by Crippen LogP contribution is -2.37. The Balaban J connectivity index is 1.65. The van der Waals surface area contributed by atoms with Gasteiger partial charge >= 0.3 is 0 Å². The Bertz CT molecular complexity index is 885. The molecule has 0 aliphatic carbocycles.